The minimum absolute atomic E-state index is 0.113. The van der Waals surface area contributed by atoms with Crippen LogP contribution in [0, 0.1) is 5.82 Å². The van der Waals surface area contributed by atoms with Gasteiger partial charge in [-0.2, -0.15) is 0 Å². The molecule has 0 bridgehead atoms. The summed E-state index contributed by atoms with van der Waals surface area (Å²) in [6.45, 7) is 1.29. The summed E-state index contributed by atoms with van der Waals surface area (Å²) in [5.74, 6) is -0.440. The predicted molar refractivity (Wildman–Crippen MR) is 84.3 cm³/mol. The Morgan fingerprint density at radius 1 is 1.43 bits per heavy atom. The van der Waals surface area contributed by atoms with Crippen LogP contribution >= 0.6 is 27.5 Å². The Kier molecular flexibility index (Phi) is 4.85. The molecule has 0 atom stereocenters. The van der Waals surface area contributed by atoms with E-state index in [1.165, 1.54) is 19.1 Å². The van der Waals surface area contributed by atoms with Crippen molar-refractivity contribution >= 4 is 39.0 Å². The Hall–Kier alpha value is -1.59. The summed E-state index contributed by atoms with van der Waals surface area (Å²) in [5.41, 5.74) is 6.71. The summed E-state index contributed by atoms with van der Waals surface area (Å²) in [7, 11) is 0. The number of hydrogen-bond donors (Lipinski definition) is 1. The van der Waals surface area contributed by atoms with E-state index in [1.54, 1.807) is 18.2 Å². The molecule has 0 saturated carbocycles. The third-order valence-electron chi connectivity index (χ3n) is 2.88. The molecule has 2 N–H and O–H groups in total. The molecule has 6 heteroatoms. The molecule has 0 amide bonds. The first-order valence-corrected chi connectivity index (χ1v) is 7.23. The third kappa shape index (κ3) is 3.54. The second-order valence-corrected chi connectivity index (χ2v) is 5.74. The topological polar surface area (TPSA) is 52.3 Å². The van der Waals surface area contributed by atoms with Gasteiger partial charge in [0.1, 0.15) is 12.4 Å². The number of ketones is 1. The maximum absolute atomic E-state index is 13.7. The van der Waals surface area contributed by atoms with Crippen LogP contribution in [-0.4, -0.2) is 5.78 Å². The zero-order chi connectivity index (χ0) is 15.6. The molecule has 0 heterocycles. The lowest BCUT2D eigenvalue weighted by Gasteiger charge is -2.14. The van der Waals surface area contributed by atoms with Gasteiger partial charge in [-0.25, -0.2) is 4.39 Å². The molecule has 110 valence electrons. The number of carbonyl (C=O) groups excluding carboxylic acids is 1. The first-order chi connectivity index (χ1) is 9.90. The van der Waals surface area contributed by atoms with Crippen LogP contribution in [0.4, 0.5) is 10.1 Å². The van der Waals surface area contributed by atoms with Crippen molar-refractivity contribution in [3.8, 4) is 5.75 Å². The molecule has 0 fully saturated rings. The van der Waals surface area contributed by atoms with Crippen molar-refractivity contribution in [1.82, 2.24) is 0 Å². The second-order valence-electron chi connectivity index (χ2n) is 4.42. The SMILES string of the molecule is CC(=O)c1cc(Br)cc(N)c1OCc1c(F)cccc1Cl. The lowest BCUT2D eigenvalue weighted by atomic mass is 10.1. The molecule has 0 aromatic heterocycles. The average Bonchev–Trinajstić information content (AvgIpc) is 2.39. The van der Waals surface area contributed by atoms with E-state index >= 15 is 0 Å². The molecule has 3 nitrogen and oxygen atoms in total. The number of rotatable bonds is 4. The largest absolute Gasteiger partial charge is 0.486 e. The highest BCUT2D eigenvalue weighted by atomic mass is 79.9. The van der Waals surface area contributed by atoms with Gasteiger partial charge in [0.05, 0.1) is 16.3 Å². The van der Waals surface area contributed by atoms with E-state index in [1.807, 2.05) is 0 Å². The summed E-state index contributed by atoms with van der Waals surface area (Å²) < 4.78 is 19.9. The van der Waals surface area contributed by atoms with Gasteiger partial charge in [0.15, 0.2) is 11.5 Å². The minimum atomic E-state index is -0.470. The maximum Gasteiger partial charge on any atom is 0.163 e. The van der Waals surface area contributed by atoms with Gasteiger partial charge >= 0.3 is 0 Å². The van der Waals surface area contributed by atoms with E-state index in [-0.39, 0.29) is 28.7 Å². The van der Waals surface area contributed by atoms with Crippen LogP contribution in [0.1, 0.15) is 22.8 Å². The van der Waals surface area contributed by atoms with Gasteiger partial charge < -0.3 is 10.5 Å². The Labute approximate surface area is 135 Å². The third-order valence-corrected chi connectivity index (χ3v) is 3.70. The van der Waals surface area contributed by atoms with Crippen LogP contribution in [-0.2, 0) is 6.61 Å². The Bertz CT molecular complexity index is 686. The van der Waals surface area contributed by atoms with Gasteiger partial charge in [0.2, 0.25) is 0 Å². The quantitative estimate of drug-likeness (QED) is 0.630. The molecular weight excluding hydrogens is 361 g/mol. The summed E-state index contributed by atoms with van der Waals surface area (Å²) >= 11 is 9.20. The molecule has 21 heavy (non-hydrogen) atoms. The van der Waals surface area contributed by atoms with Gasteiger partial charge in [-0.15, -0.1) is 0 Å². The van der Waals surface area contributed by atoms with Crippen LogP contribution in [0.5, 0.6) is 5.75 Å². The number of carbonyl (C=O) groups is 1. The van der Waals surface area contributed by atoms with Crippen molar-refractivity contribution in [2.45, 2.75) is 13.5 Å². The minimum Gasteiger partial charge on any atom is -0.486 e. The van der Waals surface area contributed by atoms with E-state index in [4.69, 9.17) is 22.1 Å². The summed E-state index contributed by atoms with van der Waals surface area (Å²) in [4.78, 5) is 11.7. The zero-order valence-corrected chi connectivity index (χ0v) is 13.5. The summed E-state index contributed by atoms with van der Waals surface area (Å²) in [5, 5.41) is 0.259. The van der Waals surface area contributed by atoms with Crippen LogP contribution in [0.2, 0.25) is 5.02 Å². The van der Waals surface area contributed by atoms with E-state index < -0.39 is 5.82 Å². The van der Waals surface area contributed by atoms with E-state index in [9.17, 15) is 9.18 Å². The molecule has 2 aromatic rings. The highest BCUT2D eigenvalue weighted by Gasteiger charge is 2.15. The number of Topliss-reactive ketones (excluding diaryl/α,β-unsaturated/α-hetero) is 1. The molecule has 0 aliphatic carbocycles. The van der Waals surface area contributed by atoms with Crippen molar-refractivity contribution in [1.29, 1.82) is 0 Å². The fourth-order valence-corrected chi connectivity index (χ4v) is 2.54. The predicted octanol–water partition coefficient (Wildman–Crippen LogP) is 4.61. The first-order valence-electron chi connectivity index (χ1n) is 6.05. The van der Waals surface area contributed by atoms with Gasteiger partial charge in [0, 0.05) is 10.0 Å². The fourth-order valence-electron chi connectivity index (χ4n) is 1.85. The van der Waals surface area contributed by atoms with E-state index in [2.05, 4.69) is 15.9 Å². The van der Waals surface area contributed by atoms with Gasteiger partial charge in [0.25, 0.3) is 0 Å². The van der Waals surface area contributed by atoms with Crippen molar-refractivity contribution in [2.75, 3.05) is 5.73 Å². The number of benzene rings is 2. The van der Waals surface area contributed by atoms with Crippen molar-refractivity contribution in [2.24, 2.45) is 0 Å². The Morgan fingerprint density at radius 2 is 2.14 bits per heavy atom. The number of nitrogens with two attached hydrogens (primary N) is 1. The highest BCUT2D eigenvalue weighted by molar-refractivity contribution is 9.10. The molecule has 0 unspecified atom stereocenters. The van der Waals surface area contributed by atoms with E-state index in [0.29, 0.717) is 15.7 Å². The molecular formula is C15H12BrClFNO2. The average molecular weight is 373 g/mol. The summed E-state index contributed by atoms with van der Waals surface area (Å²) in [6, 6.07) is 7.60. The molecule has 0 aliphatic heterocycles. The first kappa shape index (κ1) is 15.8. The maximum atomic E-state index is 13.7. The van der Waals surface area contributed by atoms with Crippen LogP contribution in [0.3, 0.4) is 0 Å². The molecule has 0 radical (unpaired) electrons. The number of hydrogen-bond acceptors (Lipinski definition) is 3. The van der Waals surface area contributed by atoms with Crippen LogP contribution in [0.15, 0.2) is 34.8 Å². The van der Waals surface area contributed by atoms with Crippen LogP contribution in [0.25, 0.3) is 0 Å². The molecule has 0 saturated heterocycles. The van der Waals surface area contributed by atoms with Gasteiger partial charge in [-0.05, 0) is 31.2 Å². The van der Waals surface area contributed by atoms with Gasteiger partial charge in [-0.1, -0.05) is 33.6 Å². The Balaban J connectivity index is 2.34. The highest BCUT2D eigenvalue weighted by Crippen LogP contribution is 2.32. The standard InChI is InChI=1S/C15H12BrClFNO2/c1-8(20)10-5-9(16)6-14(19)15(10)21-7-11-12(17)3-2-4-13(11)18/h2-6H,7,19H2,1H3. The van der Waals surface area contributed by atoms with Crippen molar-refractivity contribution in [3.05, 3.63) is 56.8 Å². The smallest absolute Gasteiger partial charge is 0.163 e. The van der Waals surface area contributed by atoms with Gasteiger partial charge in [-0.3, -0.25) is 4.79 Å². The molecule has 0 spiro atoms. The van der Waals surface area contributed by atoms with Crippen LogP contribution < -0.4 is 10.5 Å². The molecule has 2 aromatic carbocycles. The number of anilines is 1. The van der Waals surface area contributed by atoms with Crippen molar-refractivity contribution in [3.63, 3.8) is 0 Å². The lowest BCUT2D eigenvalue weighted by molar-refractivity contribution is 0.101. The Morgan fingerprint density at radius 3 is 2.76 bits per heavy atom. The number of halogens is 3. The van der Waals surface area contributed by atoms with Crippen molar-refractivity contribution < 1.29 is 13.9 Å². The lowest BCUT2D eigenvalue weighted by Crippen LogP contribution is -2.06. The second kappa shape index (κ2) is 6.45. The fraction of sp³-hybridized carbons (Fsp3) is 0.133. The molecule has 2 rings (SSSR count). The number of nitrogen functional groups attached to an aromatic ring is 1. The normalized spacial score (nSPS) is 10.5. The monoisotopic (exact) mass is 371 g/mol. The number of ether oxygens (including phenoxy) is 1. The summed E-state index contributed by atoms with van der Waals surface area (Å²) in [6.07, 6.45) is 0. The molecule has 0 aliphatic rings. The van der Waals surface area contributed by atoms with E-state index in [0.717, 1.165) is 0 Å². The zero-order valence-electron chi connectivity index (χ0n) is 11.1.